The van der Waals surface area contributed by atoms with Gasteiger partial charge < -0.3 is 20.5 Å². The summed E-state index contributed by atoms with van der Waals surface area (Å²) in [5, 5.41) is 14.5. The standard InChI is InChI=1S/C27H32N2O5/c1-17(14-25(30)31)12-13-28-26(32)24(15-18-10-11-18)29-27(33)34-16-23-21-8-4-2-6-19(21)20-7-3-5-9-22(20)23/h2-9,17-18,23-24H,10-16H2,1H3,(H,28,32)(H,29,33)(H,30,31). The van der Waals surface area contributed by atoms with Crippen LogP contribution in [0.15, 0.2) is 48.5 Å². The van der Waals surface area contributed by atoms with Crippen LogP contribution >= 0.6 is 0 Å². The van der Waals surface area contributed by atoms with Gasteiger partial charge in [0.1, 0.15) is 12.6 Å². The van der Waals surface area contributed by atoms with Gasteiger partial charge in [-0.2, -0.15) is 0 Å². The number of carboxylic acids is 1. The number of amides is 2. The number of benzene rings is 2. The van der Waals surface area contributed by atoms with Crippen LogP contribution < -0.4 is 10.6 Å². The van der Waals surface area contributed by atoms with Crippen LogP contribution in [0, 0.1) is 11.8 Å². The molecule has 180 valence electrons. The van der Waals surface area contributed by atoms with E-state index in [4.69, 9.17) is 9.84 Å². The first kappa shape index (κ1) is 23.8. The SMILES string of the molecule is CC(CCNC(=O)C(CC1CC1)NC(=O)OCC1c2ccccc2-c2ccccc21)CC(=O)O. The van der Waals surface area contributed by atoms with Crippen molar-refractivity contribution in [2.75, 3.05) is 13.2 Å². The van der Waals surface area contributed by atoms with Crippen molar-refractivity contribution in [2.24, 2.45) is 11.8 Å². The molecule has 7 nitrogen and oxygen atoms in total. The van der Waals surface area contributed by atoms with Gasteiger partial charge in [-0.3, -0.25) is 9.59 Å². The number of fused-ring (bicyclic) bond motifs is 3. The average Bonchev–Trinajstić information content (AvgIpc) is 3.57. The fraction of sp³-hybridized carbons (Fsp3) is 0.444. The minimum Gasteiger partial charge on any atom is -0.481 e. The van der Waals surface area contributed by atoms with Crippen molar-refractivity contribution in [2.45, 2.75) is 51.0 Å². The summed E-state index contributed by atoms with van der Waals surface area (Å²) < 4.78 is 5.61. The molecule has 7 heteroatoms. The van der Waals surface area contributed by atoms with E-state index in [9.17, 15) is 14.4 Å². The van der Waals surface area contributed by atoms with Gasteiger partial charge in [-0.1, -0.05) is 68.3 Å². The van der Waals surface area contributed by atoms with Gasteiger partial charge in [-0.15, -0.1) is 0 Å². The Labute approximate surface area is 199 Å². The summed E-state index contributed by atoms with van der Waals surface area (Å²) in [6.45, 7) is 2.42. The van der Waals surface area contributed by atoms with Crippen molar-refractivity contribution in [1.82, 2.24) is 10.6 Å². The van der Waals surface area contributed by atoms with Gasteiger partial charge in [0, 0.05) is 18.9 Å². The van der Waals surface area contributed by atoms with E-state index in [0.717, 1.165) is 35.1 Å². The van der Waals surface area contributed by atoms with E-state index in [2.05, 4.69) is 34.9 Å². The molecule has 0 heterocycles. The molecule has 2 aromatic rings. The lowest BCUT2D eigenvalue weighted by atomic mass is 9.98. The van der Waals surface area contributed by atoms with Crippen LogP contribution in [0.2, 0.25) is 0 Å². The molecule has 1 saturated carbocycles. The molecule has 34 heavy (non-hydrogen) atoms. The first-order chi connectivity index (χ1) is 16.4. The highest BCUT2D eigenvalue weighted by atomic mass is 16.5. The highest BCUT2D eigenvalue weighted by molar-refractivity contribution is 5.85. The van der Waals surface area contributed by atoms with Crippen molar-refractivity contribution in [3.8, 4) is 11.1 Å². The van der Waals surface area contributed by atoms with Crippen LogP contribution in [0.1, 0.15) is 56.1 Å². The van der Waals surface area contributed by atoms with Gasteiger partial charge in [-0.05, 0) is 46.9 Å². The van der Waals surface area contributed by atoms with Crippen LogP contribution in [0.3, 0.4) is 0 Å². The molecule has 0 bridgehead atoms. The molecular weight excluding hydrogens is 432 g/mol. The van der Waals surface area contributed by atoms with E-state index < -0.39 is 18.1 Å². The minimum atomic E-state index is -0.845. The van der Waals surface area contributed by atoms with Crippen LogP contribution in [-0.2, 0) is 14.3 Å². The van der Waals surface area contributed by atoms with Crippen molar-refractivity contribution in [3.05, 3.63) is 59.7 Å². The summed E-state index contributed by atoms with van der Waals surface area (Å²) in [4.78, 5) is 36.2. The monoisotopic (exact) mass is 464 g/mol. The fourth-order valence-electron chi connectivity index (χ4n) is 4.67. The molecule has 4 rings (SSSR count). The van der Waals surface area contributed by atoms with Crippen LogP contribution in [0.4, 0.5) is 4.79 Å². The number of alkyl carbamates (subject to hydrolysis) is 1. The number of carbonyl (C=O) groups excluding carboxylic acids is 2. The van der Waals surface area contributed by atoms with E-state index in [1.54, 1.807) is 0 Å². The summed E-state index contributed by atoms with van der Waals surface area (Å²) in [6, 6.07) is 15.6. The quantitative estimate of drug-likeness (QED) is 0.460. The molecule has 0 saturated heterocycles. The molecule has 2 aromatic carbocycles. The second-order valence-electron chi connectivity index (χ2n) is 9.48. The Balaban J connectivity index is 1.32. The van der Waals surface area contributed by atoms with E-state index in [1.807, 2.05) is 31.2 Å². The lowest BCUT2D eigenvalue weighted by Gasteiger charge is -2.20. The number of hydrogen-bond donors (Lipinski definition) is 3. The Morgan fingerprint density at radius 3 is 2.24 bits per heavy atom. The number of nitrogens with one attached hydrogen (secondary N) is 2. The predicted molar refractivity (Wildman–Crippen MR) is 128 cm³/mol. The number of rotatable bonds is 11. The second-order valence-corrected chi connectivity index (χ2v) is 9.48. The zero-order chi connectivity index (χ0) is 24.1. The molecule has 0 spiro atoms. The van der Waals surface area contributed by atoms with Crippen LogP contribution in [0.5, 0.6) is 0 Å². The van der Waals surface area contributed by atoms with E-state index in [-0.39, 0.29) is 30.8 Å². The van der Waals surface area contributed by atoms with Crippen molar-refractivity contribution < 1.29 is 24.2 Å². The second kappa shape index (κ2) is 10.7. The van der Waals surface area contributed by atoms with Crippen molar-refractivity contribution >= 4 is 18.0 Å². The Kier molecular flexibility index (Phi) is 7.50. The van der Waals surface area contributed by atoms with Gasteiger partial charge in [0.25, 0.3) is 0 Å². The average molecular weight is 465 g/mol. The normalized spacial score (nSPS) is 16.1. The summed E-state index contributed by atoms with van der Waals surface area (Å²) in [6.07, 6.45) is 2.75. The van der Waals surface area contributed by atoms with Crippen LogP contribution in [0.25, 0.3) is 11.1 Å². The van der Waals surface area contributed by atoms with Gasteiger partial charge in [0.15, 0.2) is 0 Å². The van der Waals surface area contributed by atoms with Gasteiger partial charge in [-0.25, -0.2) is 4.79 Å². The molecule has 3 N–H and O–H groups in total. The smallest absolute Gasteiger partial charge is 0.407 e. The van der Waals surface area contributed by atoms with Gasteiger partial charge in [0.2, 0.25) is 5.91 Å². The maximum absolute atomic E-state index is 12.7. The number of carboxylic acid groups (broad SMARTS) is 1. The lowest BCUT2D eigenvalue weighted by molar-refractivity contribution is -0.138. The van der Waals surface area contributed by atoms with E-state index in [1.165, 1.54) is 0 Å². The Morgan fingerprint density at radius 1 is 1.03 bits per heavy atom. The Morgan fingerprint density at radius 2 is 1.65 bits per heavy atom. The first-order valence-electron chi connectivity index (χ1n) is 12.0. The zero-order valence-corrected chi connectivity index (χ0v) is 19.5. The highest BCUT2D eigenvalue weighted by Crippen LogP contribution is 2.44. The molecule has 0 aliphatic heterocycles. The number of aliphatic carboxylic acids is 1. The Hall–Kier alpha value is -3.35. The maximum Gasteiger partial charge on any atom is 0.407 e. The number of ether oxygens (including phenoxy) is 1. The molecule has 2 aliphatic carbocycles. The van der Waals surface area contributed by atoms with Crippen molar-refractivity contribution in [3.63, 3.8) is 0 Å². The third kappa shape index (κ3) is 5.95. The highest BCUT2D eigenvalue weighted by Gasteiger charge is 2.32. The molecule has 2 unspecified atom stereocenters. The summed E-state index contributed by atoms with van der Waals surface area (Å²) in [5.74, 6) is -0.722. The summed E-state index contributed by atoms with van der Waals surface area (Å²) in [7, 11) is 0. The third-order valence-corrected chi connectivity index (χ3v) is 6.68. The summed E-state index contributed by atoms with van der Waals surface area (Å²) in [5.41, 5.74) is 4.60. The molecule has 1 fully saturated rings. The van der Waals surface area contributed by atoms with Gasteiger partial charge in [0.05, 0.1) is 0 Å². The largest absolute Gasteiger partial charge is 0.481 e. The van der Waals surface area contributed by atoms with E-state index in [0.29, 0.717) is 25.3 Å². The fourth-order valence-corrected chi connectivity index (χ4v) is 4.67. The molecule has 2 aliphatic rings. The molecule has 2 atom stereocenters. The van der Waals surface area contributed by atoms with E-state index >= 15 is 0 Å². The van der Waals surface area contributed by atoms with Crippen LogP contribution in [-0.4, -0.2) is 42.3 Å². The Bertz CT molecular complexity index is 1000. The number of carbonyl (C=O) groups is 3. The lowest BCUT2D eigenvalue weighted by Crippen LogP contribution is -2.47. The minimum absolute atomic E-state index is 0.0326. The summed E-state index contributed by atoms with van der Waals surface area (Å²) >= 11 is 0. The van der Waals surface area contributed by atoms with Crippen molar-refractivity contribution in [1.29, 1.82) is 0 Å². The molecule has 2 amide bonds. The molecular formula is C27H32N2O5. The topological polar surface area (TPSA) is 105 Å². The number of hydrogen-bond acceptors (Lipinski definition) is 4. The predicted octanol–water partition coefficient (Wildman–Crippen LogP) is 4.31. The zero-order valence-electron chi connectivity index (χ0n) is 19.5. The maximum atomic E-state index is 12.7. The first-order valence-corrected chi connectivity index (χ1v) is 12.0. The molecule has 0 aromatic heterocycles. The molecule has 0 radical (unpaired) electrons. The van der Waals surface area contributed by atoms with Gasteiger partial charge >= 0.3 is 12.1 Å². The third-order valence-electron chi connectivity index (χ3n) is 6.68.